The first-order valence-electron chi connectivity index (χ1n) is 6.30. The standard InChI is InChI=1S/C15H17NO3/c17-15(18)7-8-16-9-10-19-14-6-5-12-3-1-2-4-13(12)11-14/h1-6,11,16H,7-10H2,(H,17,18). The third-order valence-corrected chi connectivity index (χ3v) is 2.78. The molecule has 100 valence electrons. The second kappa shape index (κ2) is 6.75. The summed E-state index contributed by atoms with van der Waals surface area (Å²) in [6.07, 6.45) is 0.135. The van der Waals surface area contributed by atoms with E-state index in [4.69, 9.17) is 9.84 Å². The van der Waals surface area contributed by atoms with Crippen LogP contribution >= 0.6 is 0 Å². The molecule has 0 aromatic heterocycles. The molecule has 0 aliphatic carbocycles. The average Bonchev–Trinajstić information content (AvgIpc) is 2.42. The summed E-state index contributed by atoms with van der Waals surface area (Å²) >= 11 is 0. The molecule has 0 saturated heterocycles. The van der Waals surface area contributed by atoms with Gasteiger partial charge in [0.25, 0.3) is 0 Å². The molecule has 0 bridgehead atoms. The maximum Gasteiger partial charge on any atom is 0.304 e. The van der Waals surface area contributed by atoms with E-state index >= 15 is 0 Å². The van der Waals surface area contributed by atoms with Gasteiger partial charge in [0.1, 0.15) is 12.4 Å². The van der Waals surface area contributed by atoms with Gasteiger partial charge in [-0.3, -0.25) is 4.79 Å². The van der Waals surface area contributed by atoms with Crippen LogP contribution < -0.4 is 10.1 Å². The van der Waals surface area contributed by atoms with E-state index in [1.807, 2.05) is 36.4 Å². The van der Waals surface area contributed by atoms with Gasteiger partial charge in [0.2, 0.25) is 0 Å². The van der Waals surface area contributed by atoms with E-state index in [9.17, 15) is 4.79 Å². The van der Waals surface area contributed by atoms with E-state index in [1.54, 1.807) is 0 Å². The predicted molar refractivity (Wildman–Crippen MR) is 74.6 cm³/mol. The van der Waals surface area contributed by atoms with Gasteiger partial charge in [-0.1, -0.05) is 30.3 Å². The Bertz CT molecular complexity index is 554. The minimum atomic E-state index is -0.789. The highest BCUT2D eigenvalue weighted by atomic mass is 16.5. The quantitative estimate of drug-likeness (QED) is 0.749. The Kier molecular flexibility index (Phi) is 4.75. The van der Waals surface area contributed by atoms with Crippen LogP contribution in [0.1, 0.15) is 6.42 Å². The molecule has 0 fully saturated rings. The van der Waals surface area contributed by atoms with Gasteiger partial charge in [0, 0.05) is 13.1 Å². The van der Waals surface area contributed by atoms with Crippen molar-refractivity contribution in [2.75, 3.05) is 19.7 Å². The molecule has 0 spiro atoms. The lowest BCUT2D eigenvalue weighted by Crippen LogP contribution is -2.23. The van der Waals surface area contributed by atoms with E-state index in [2.05, 4.69) is 11.4 Å². The summed E-state index contributed by atoms with van der Waals surface area (Å²) in [5.74, 6) is 0.0432. The molecule has 0 heterocycles. The zero-order valence-corrected chi connectivity index (χ0v) is 10.6. The van der Waals surface area contributed by atoms with Crippen molar-refractivity contribution in [3.63, 3.8) is 0 Å². The van der Waals surface area contributed by atoms with Crippen molar-refractivity contribution >= 4 is 16.7 Å². The molecule has 0 radical (unpaired) electrons. The van der Waals surface area contributed by atoms with Crippen molar-refractivity contribution in [2.24, 2.45) is 0 Å². The topological polar surface area (TPSA) is 58.6 Å². The molecule has 0 atom stereocenters. The summed E-state index contributed by atoms with van der Waals surface area (Å²) in [6.45, 7) is 1.63. The maximum absolute atomic E-state index is 10.3. The summed E-state index contributed by atoms with van der Waals surface area (Å²) in [5, 5.41) is 13.8. The summed E-state index contributed by atoms with van der Waals surface area (Å²) in [7, 11) is 0. The Labute approximate surface area is 112 Å². The van der Waals surface area contributed by atoms with Crippen molar-refractivity contribution in [3.8, 4) is 5.75 Å². The average molecular weight is 259 g/mol. The van der Waals surface area contributed by atoms with Crippen molar-refractivity contribution in [1.29, 1.82) is 0 Å². The highest BCUT2D eigenvalue weighted by molar-refractivity contribution is 5.83. The summed E-state index contributed by atoms with van der Waals surface area (Å²) in [4.78, 5) is 10.3. The van der Waals surface area contributed by atoms with Crippen LogP contribution in [0.3, 0.4) is 0 Å². The van der Waals surface area contributed by atoms with Crippen LogP contribution in [0, 0.1) is 0 Å². The number of hydrogen-bond acceptors (Lipinski definition) is 3. The number of hydrogen-bond donors (Lipinski definition) is 2. The molecule has 4 nitrogen and oxygen atoms in total. The van der Waals surface area contributed by atoms with Crippen molar-refractivity contribution in [1.82, 2.24) is 5.32 Å². The normalized spacial score (nSPS) is 10.5. The Morgan fingerprint density at radius 2 is 1.89 bits per heavy atom. The molecule has 2 aromatic rings. The van der Waals surface area contributed by atoms with Crippen LogP contribution in [0.2, 0.25) is 0 Å². The fraction of sp³-hybridized carbons (Fsp3) is 0.267. The molecule has 4 heteroatoms. The van der Waals surface area contributed by atoms with Gasteiger partial charge in [0.05, 0.1) is 6.42 Å². The van der Waals surface area contributed by atoms with E-state index in [1.165, 1.54) is 5.39 Å². The predicted octanol–water partition coefficient (Wildman–Crippen LogP) is 2.28. The maximum atomic E-state index is 10.3. The minimum absolute atomic E-state index is 0.135. The zero-order chi connectivity index (χ0) is 13.5. The van der Waals surface area contributed by atoms with Gasteiger partial charge >= 0.3 is 5.97 Å². The van der Waals surface area contributed by atoms with Crippen molar-refractivity contribution in [2.45, 2.75) is 6.42 Å². The number of rotatable bonds is 7. The molecular weight excluding hydrogens is 242 g/mol. The summed E-state index contributed by atoms with van der Waals surface area (Å²) in [6, 6.07) is 14.1. The molecule has 2 rings (SSSR count). The number of ether oxygens (including phenoxy) is 1. The van der Waals surface area contributed by atoms with Gasteiger partial charge < -0.3 is 15.2 Å². The van der Waals surface area contributed by atoms with Crippen LogP contribution in [0.4, 0.5) is 0 Å². The molecule has 2 N–H and O–H groups in total. The third kappa shape index (κ3) is 4.26. The molecule has 0 unspecified atom stereocenters. The largest absolute Gasteiger partial charge is 0.492 e. The van der Waals surface area contributed by atoms with Crippen LogP contribution in [0.25, 0.3) is 10.8 Å². The highest BCUT2D eigenvalue weighted by Gasteiger charge is 1.98. The van der Waals surface area contributed by atoms with E-state index in [0.29, 0.717) is 19.7 Å². The molecule has 2 aromatic carbocycles. The Hall–Kier alpha value is -2.07. The number of carboxylic acid groups (broad SMARTS) is 1. The van der Waals surface area contributed by atoms with Gasteiger partial charge in [-0.25, -0.2) is 0 Å². The smallest absolute Gasteiger partial charge is 0.304 e. The molecule has 0 saturated carbocycles. The van der Waals surface area contributed by atoms with Gasteiger partial charge in [0.15, 0.2) is 0 Å². The molecule has 19 heavy (non-hydrogen) atoms. The fourth-order valence-electron chi connectivity index (χ4n) is 1.82. The minimum Gasteiger partial charge on any atom is -0.492 e. The van der Waals surface area contributed by atoms with Crippen LogP contribution in [0.5, 0.6) is 5.75 Å². The molecule has 0 aliphatic rings. The molecule has 0 amide bonds. The van der Waals surface area contributed by atoms with E-state index in [0.717, 1.165) is 11.1 Å². The van der Waals surface area contributed by atoms with Gasteiger partial charge in [-0.15, -0.1) is 0 Å². The Morgan fingerprint density at radius 1 is 1.11 bits per heavy atom. The van der Waals surface area contributed by atoms with Crippen LogP contribution in [-0.2, 0) is 4.79 Å². The first-order chi connectivity index (χ1) is 9.25. The van der Waals surface area contributed by atoms with Crippen LogP contribution in [0.15, 0.2) is 42.5 Å². The summed E-state index contributed by atoms with van der Waals surface area (Å²) in [5.41, 5.74) is 0. The fourth-order valence-corrected chi connectivity index (χ4v) is 1.82. The third-order valence-electron chi connectivity index (χ3n) is 2.78. The molecule has 0 aliphatic heterocycles. The second-order valence-electron chi connectivity index (χ2n) is 4.25. The second-order valence-corrected chi connectivity index (χ2v) is 4.25. The number of benzene rings is 2. The number of fused-ring (bicyclic) bond motifs is 1. The first kappa shape index (κ1) is 13.4. The number of carbonyl (C=O) groups is 1. The Morgan fingerprint density at radius 3 is 2.68 bits per heavy atom. The SMILES string of the molecule is O=C(O)CCNCCOc1ccc2ccccc2c1. The number of nitrogens with one attached hydrogen (secondary N) is 1. The lowest BCUT2D eigenvalue weighted by atomic mass is 10.1. The van der Waals surface area contributed by atoms with E-state index < -0.39 is 5.97 Å². The van der Waals surface area contributed by atoms with Crippen LogP contribution in [-0.4, -0.2) is 30.8 Å². The Balaban J connectivity index is 1.77. The summed E-state index contributed by atoms with van der Waals surface area (Å²) < 4.78 is 5.61. The monoisotopic (exact) mass is 259 g/mol. The number of aliphatic carboxylic acids is 1. The molecular formula is C15H17NO3. The highest BCUT2D eigenvalue weighted by Crippen LogP contribution is 2.20. The van der Waals surface area contributed by atoms with Crippen molar-refractivity contribution in [3.05, 3.63) is 42.5 Å². The first-order valence-corrected chi connectivity index (χ1v) is 6.30. The number of carboxylic acids is 1. The lowest BCUT2D eigenvalue weighted by Gasteiger charge is -2.08. The van der Waals surface area contributed by atoms with Crippen molar-refractivity contribution < 1.29 is 14.6 Å². The lowest BCUT2D eigenvalue weighted by molar-refractivity contribution is -0.136. The van der Waals surface area contributed by atoms with Gasteiger partial charge in [-0.05, 0) is 22.9 Å². The van der Waals surface area contributed by atoms with E-state index in [-0.39, 0.29) is 6.42 Å². The zero-order valence-electron chi connectivity index (χ0n) is 10.6. The van der Waals surface area contributed by atoms with Gasteiger partial charge in [-0.2, -0.15) is 0 Å².